The normalized spacial score (nSPS) is 12.7. The molecule has 3 aromatic rings. The van der Waals surface area contributed by atoms with Crippen molar-refractivity contribution in [2.24, 2.45) is 0 Å². The number of nitrogens with one attached hydrogen (secondary N) is 1. The van der Waals surface area contributed by atoms with Gasteiger partial charge in [-0.3, -0.25) is 9.36 Å². The number of hydrogen-bond acceptors (Lipinski definition) is 8. The smallest absolute Gasteiger partial charge is 0.341 e. The van der Waals surface area contributed by atoms with E-state index in [1.165, 1.54) is 23.1 Å². The van der Waals surface area contributed by atoms with Crippen molar-refractivity contribution in [2.75, 3.05) is 17.7 Å². The van der Waals surface area contributed by atoms with Gasteiger partial charge in [-0.1, -0.05) is 33.8 Å². The monoisotopic (exact) mass is 576 g/mol. The molecule has 2 aromatic heterocycles. The van der Waals surface area contributed by atoms with Crippen LogP contribution in [0.25, 0.3) is 11.4 Å². The summed E-state index contributed by atoms with van der Waals surface area (Å²) < 4.78 is 7.85. The first-order valence-corrected chi connectivity index (χ1v) is 13.8. The van der Waals surface area contributed by atoms with Crippen LogP contribution >= 0.6 is 39.0 Å². The Hall–Kier alpha value is -2.63. The Bertz CT molecular complexity index is 1270. The van der Waals surface area contributed by atoms with Gasteiger partial charge in [-0.2, -0.15) is 0 Å². The Balaban J connectivity index is 1.52. The Morgan fingerprint density at radius 2 is 2.14 bits per heavy atom. The van der Waals surface area contributed by atoms with Crippen molar-refractivity contribution in [1.82, 2.24) is 14.8 Å². The Morgan fingerprint density at radius 1 is 1.34 bits per heavy atom. The molecule has 1 aromatic carbocycles. The number of thioether (sulfide) groups is 1. The summed E-state index contributed by atoms with van der Waals surface area (Å²) in [6, 6.07) is 5.07. The van der Waals surface area contributed by atoms with Crippen molar-refractivity contribution in [1.29, 1.82) is 0 Å². The lowest BCUT2D eigenvalue weighted by Crippen LogP contribution is -2.17. The average molecular weight is 578 g/mol. The number of rotatable bonds is 9. The molecule has 1 amide bonds. The van der Waals surface area contributed by atoms with E-state index >= 15 is 0 Å². The number of aryl methyl sites for hydroxylation is 1. The second-order valence-electron chi connectivity index (χ2n) is 7.84. The third-order valence-electron chi connectivity index (χ3n) is 5.46. The van der Waals surface area contributed by atoms with Crippen molar-refractivity contribution in [3.8, 4) is 17.1 Å². The summed E-state index contributed by atoms with van der Waals surface area (Å²) in [5.74, 6) is -0.0152. The van der Waals surface area contributed by atoms with Crippen LogP contribution < -0.4 is 5.32 Å². The van der Waals surface area contributed by atoms with Crippen molar-refractivity contribution in [3.05, 3.63) is 51.3 Å². The minimum Gasteiger partial charge on any atom is -0.507 e. The number of allylic oxidation sites excluding steroid dienone is 1. The fourth-order valence-electron chi connectivity index (χ4n) is 3.94. The van der Waals surface area contributed by atoms with Gasteiger partial charge in [-0.05, 0) is 56.4 Å². The van der Waals surface area contributed by atoms with Gasteiger partial charge in [0.05, 0.1) is 23.5 Å². The van der Waals surface area contributed by atoms with Crippen molar-refractivity contribution >= 4 is 55.9 Å². The maximum Gasteiger partial charge on any atom is 0.341 e. The number of hydrogen-bond donors (Lipinski definition) is 2. The second kappa shape index (κ2) is 11.4. The molecule has 0 aliphatic heterocycles. The molecule has 0 radical (unpaired) electrons. The van der Waals surface area contributed by atoms with Crippen LogP contribution in [0.15, 0.2) is 40.5 Å². The molecule has 0 fully saturated rings. The Morgan fingerprint density at radius 3 is 2.91 bits per heavy atom. The van der Waals surface area contributed by atoms with Gasteiger partial charge >= 0.3 is 5.97 Å². The van der Waals surface area contributed by atoms with Gasteiger partial charge in [0.1, 0.15) is 10.8 Å². The lowest BCUT2D eigenvalue weighted by Gasteiger charge is -2.12. The molecule has 184 valence electrons. The molecule has 2 N–H and O–H groups in total. The number of esters is 1. The molecule has 0 unspecified atom stereocenters. The lowest BCUT2D eigenvalue weighted by molar-refractivity contribution is -0.113. The van der Waals surface area contributed by atoms with E-state index in [9.17, 15) is 14.7 Å². The number of thiophene rings is 1. The zero-order chi connectivity index (χ0) is 24.9. The molecule has 0 saturated heterocycles. The molecular weight excluding hydrogens is 552 g/mol. The van der Waals surface area contributed by atoms with E-state index in [4.69, 9.17) is 4.74 Å². The molecular formula is C24H25BrN4O4S2. The molecule has 11 heteroatoms. The number of halogens is 1. The van der Waals surface area contributed by atoms with Crippen molar-refractivity contribution in [2.45, 2.75) is 44.3 Å². The zero-order valence-corrected chi connectivity index (χ0v) is 22.4. The van der Waals surface area contributed by atoms with E-state index in [1.54, 1.807) is 35.8 Å². The summed E-state index contributed by atoms with van der Waals surface area (Å²) in [5.41, 5.74) is 2.02. The van der Waals surface area contributed by atoms with E-state index in [1.807, 2.05) is 0 Å². The zero-order valence-electron chi connectivity index (χ0n) is 19.2. The molecule has 0 bridgehead atoms. The maximum atomic E-state index is 12.9. The summed E-state index contributed by atoms with van der Waals surface area (Å²) in [6.45, 7) is 6.25. The number of fused-ring (bicyclic) bond motifs is 1. The van der Waals surface area contributed by atoms with Crippen LogP contribution in [0.2, 0.25) is 0 Å². The van der Waals surface area contributed by atoms with Crippen LogP contribution in [-0.4, -0.2) is 44.1 Å². The van der Waals surface area contributed by atoms with E-state index in [-0.39, 0.29) is 30.0 Å². The molecule has 35 heavy (non-hydrogen) atoms. The van der Waals surface area contributed by atoms with Crippen LogP contribution in [0.5, 0.6) is 5.75 Å². The molecule has 0 atom stereocenters. The summed E-state index contributed by atoms with van der Waals surface area (Å²) in [4.78, 5) is 26.7. The van der Waals surface area contributed by atoms with Gasteiger partial charge in [-0.15, -0.1) is 28.1 Å². The fraction of sp³-hybridized carbons (Fsp3) is 0.333. The number of ether oxygens (including phenoxy) is 1. The minimum atomic E-state index is -0.390. The lowest BCUT2D eigenvalue weighted by atomic mass is 9.95. The van der Waals surface area contributed by atoms with Gasteiger partial charge in [0.15, 0.2) is 11.0 Å². The largest absolute Gasteiger partial charge is 0.507 e. The summed E-state index contributed by atoms with van der Waals surface area (Å²) in [5, 5.41) is 22.8. The first-order valence-electron chi connectivity index (χ1n) is 11.2. The van der Waals surface area contributed by atoms with Crippen LogP contribution in [0, 0.1) is 0 Å². The topological polar surface area (TPSA) is 106 Å². The van der Waals surface area contributed by atoms with Crippen LogP contribution in [-0.2, 0) is 28.9 Å². The minimum absolute atomic E-state index is 0.0740. The van der Waals surface area contributed by atoms with E-state index in [0.29, 0.717) is 33.7 Å². The van der Waals surface area contributed by atoms with E-state index in [0.717, 1.165) is 40.6 Å². The molecule has 1 aliphatic rings. The molecule has 0 saturated carbocycles. The predicted molar refractivity (Wildman–Crippen MR) is 141 cm³/mol. The highest BCUT2D eigenvalue weighted by Crippen LogP contribution is 2.39. The van der Waals surface area contributed by atoms with Crippen LogP contribution in [0.1, 0.15) is 40.6 Å². The van der Waals surface area contributed by atoms with E-state index < -0.39 is 0 Å². The number of amides is 1. The molecule has 8 nitrogen and oxygen atoms in total. The Labute approximate surface area is 219 Å². The predicted octanol–water partition coefficient (Wildman–Crippen LogP) is 5.45. The van der Waals surface area contributed by atoms with Gasteiger partial charge < -0.3 is 15.2 Å². The molecule has 0 spiro atoms. The number of benzene rings is 1. The highest BCUT2D eigenvalue weighted by atomic mass is 79.9. The number of nitrogens with zero attached hydrogens (tertiary/aromatic N) is 3. The Kier molecular flexibility index (Phi) is 8.30. The van der Waals surface area contributed by atoms with Crippen molar-refractivity contribution < 1.29 is 19.4 Å². The number of anilines is 1. The first-order chi connectivity index (χ1) is 16.9. The highest BCUT2D eigenvalue weighted by molar-refractivity contribution is 9.10. The maximum absolute atomic E-state index is 12.9. The number of aromatic nitrogens is 3. The standard InChI is InChI=1S/C24H25BrN4O4S2/c1-3-11-29-21(16-12-14(25)9-10-17(16)30)27-28-24(29)34-13-19(31)26-22-20(23(32)33-4-2)15-7-5-6-8-18(15)35-22/h3,9-10,12,30H,1,4-8,11,13H2,2H3,(H,26,31). The fourth-order valence-corrected chi connectivity index (χ4v) is 6.34. The SMILES string of the molecule is C=CCn1c(SCC(=O)Nc2sc3c(c2C(=O)OCC)CCCC3)nnc1-c1cc(Br)ccc1O. The van der Waals surface area contributed by atoms with Gasteiger partial charge in [0, 0.05) is 15.9 Å². The average Bonchev–Trinajstić information content (AvgIpc) is 3.40. The third kappa shape index (κ3) is 5.62. The summed E-state index contributed by atoms with van der Waals surface area (Å²) >= 11 is 6.10. The highest BCUT2D eigenvalue weighted by Gasteiger charge is 2.27. The summed E-state index contributed by atoms with van der Waals surface area (Å²) in [7, 11) is 0. The number of aromatic hydroxyl groups is 1. The van der Waals surface area contributed by atoms with Crippen LogP contribution in [0.4, 0.5) is 5.00 Å². The number of carbonyl (C=O) groups is 2. The number of carbonyl (C=O) groups excluding carboxylic acids is 2. The number of phenols is 1. The number of phenolic OH excluding ortho intramolecular Hbond substituents is 1. The first kappa shape index (κ1) is 25.5. The van der Waals surface area contributed by atoms with Gasteiger partial charge in [0.2, 0.25) is 5.91 Å². The quantitative estimate of drug-likeness (QED) is 0.198. The van der Waals surface area contributed by atoms with Gasteiger partial charge in [-0.25, -0.2) is 4.79 Å². The second-order valence-corrected chi connectivity index (χ2v) is 10.8. The van der Waals surface area contributed by atoms with Crippen molar-refractivity contribution in [3.63, 3.8) is 0 Å². The molecule has 1 aliphatic carbocycles. The molecule has 2 heterocycles. The van der Waals surface area contributed by atoms with E-state index in [2.05, 4.69) is 38.0 Å². The summed E-state index contributed by atoms with van der Waals surface area (Å²) in [6.07, 6.45) is 5.53. The van der Waals surface area contributed by atoms with Gasteiger partial charge in [0.25, 0.3) is 0 Å². The molecule has 4 rings (SSSR count). The van der Waals surface area contributed by atoms with Crippen LogP contribution in [0.3, 0.4) is 0 Å². The third-order valence-corrected chi connectivity index (χ3v) is 8.13.